The Morgan fingerprint density at radius 2 is 1.73 bits per heavy atom. The second-order valence-electron chi connectivity index (χ2n) is 7.84. The summed E-state index contributed by atoms with van der Waals surface area (Å²) in [5.74, 6) is -0.239. The molecule has 0 spiro atoms. The van der Waals surface area contributed by atoms with Crippen LogP contribution in [-0.2, 0) is 9.53 Å². The number of benzene rings is 2. The van der Waals surface area contributed by atoms with Gasteiger partial charge in [-0.25, -0.2) is 4.79 Å². The third kappa shape index (κ3) is 5.51. The van der Waals surface area contributed by atoms with Crippen LogP contribution in [0, 0.1) is 10.1 Å². The summed E-state index contributed by atoms with van der Waals surface area (Å²) in [7, 11) is 0. The molecule has 0 radical (unpaired) electrons. The second-order valence-corrected chi connectivity index (χ2v) is 7.84. The molecule has 0 bridgehead atoms. The lowest BCUT2D eigenvalue weighted by Crippen LogP contribution is -2.25. The molecular formula is C23H25N3O7. The molecule has 2 aliphatic heterocycles. The molecular weight excluding hydrogens is 430 g/mol. The number of rotatable bonds is 6. The van der Waals surface area contributed by atoms with Crippen molar-refractivity contribution < 1.29 is 28.7 Å². The van der Waals surface area contributed by atoms with Crippen LogP contribution >= 0.6 is 0 Å². The van der Waals surface area contributed by atoms with Gasteiger partial charge in [0, 0.05) is 30.9 Å². The summed E-state index contributed by atoms with van der Waals surface area (Å²) in [5, 5.41) is 14.3. The molecule has 0 atom stereocenters. The minimum absolute atomic E-state index is 0.0207. The van der Waals surface area contributed by atoms with Crippen molar-refractivity contribution in [2.24, 2.45) is 0 Å². The number of nitro benzene ring substituents is 1. The fraction of sp³-hybridized carbons (Fsp3) is 0.391. The smallest absolute Gasteiger partial charge is 0.338 e. The summed E-state index contributed by atoms with van der Waals surface area (Å²) in [6, 6.07) is 9.24. The van der Waals surface area contributed by atoms with E-state index < -0.39 is 23.4 Å². The number of ether oxygens (including phenoxy) is 3. The highest BCUT2D eigenvalue weighted by atomic mass is 16.6. The second kappa shape index (κ2) is 10.2. The molecule has 0 unspecified atom stereocenters. The quantitative estimate of drug-likeness (QED) is 0.399. The van der Waals surface area contributed by atoms with Crippen molar-refractivity contribution in [3.63, 3.8) is 0 Å². The molecule has 33 heavy (non-hydrogen) atoms. The lowest BCUT2D eigenvalue weighted by molar-refractivity contribution is -0.384. The predicted molar refractivity (Wildman–Crippen MR) is 120 cm³/mol. The van der Waals surface area contributed by atoms with Crippen LogP contribution in [0.1, 0.15) is 36.0 Å². The Kier molecular flexibility index (Phi) is 6.92. The van der Waals surface area contributed by atoms with Gasteiger partial charge in [-0.3, -0.25) is 14.9 Å². The molecule has 1 amide bonds. The molecule has 10 nitrogen and oxygen atoms in total. The van der Waals surface area contributed by atoms with E-state index in [1.54, 1.807) is 24.3 Å². The van der Waals surface area contributed by atoms with Gasteiger partial charge in [-0.2, -0.15) is 0 Å². The van der Waals surface area contributed by atoms with Crippen molar-refractivity contribution in [2.45, 2.75) is 25.7 Å². The Bertz CT molecular complexity index is 1050. The van der Waals surface area contributed by atoms with Crippen LogP contribution in [0.4, 0.5) is 17.1 Å². The maximum atomic E-state index is 12.4. The van der Waals surface area contributed by atoms with Gasteiger partial charge in [0.2, 0.25) is 0 Å². The fourth-order valence-corrected chi connectivity index (χ4v) is 3.91. The molecule has 1 N–H and O–H groups in total. The first-order chi connectivity index (χ1) is 16.0. The molecule has 0 aliphatic carbocycles. The number of nitrogens with zero attached hydrogens (tertiary/aromatic N) is 2. The van der Waals surface area contributed by atoms with Gasteiger partial charge in [0.25, 0.3) is 11.6 Å². The highest BCUT2D eigenvalue weighted by Gasteiger charge is 2.23. The molecule has 174 valence electrons. The van der Waals surface area contributed by atoms with Crippen molar-refractivity contribution in [2.75, 3.05) is 43.1 Å². The normalized spacial score (nSPS) is 15.3. The van der Waals surface area contributed by atoms with Crippen LogP contribution in [0.5, 0.6) is 11.5 Å². The molecule has 1 saturated heterocycles. The molecule has 10 heteroatoms. The van der Waals surface area contributed by atoms with E-state index in [1.807, 2.05) is 4.90 Å². The number of fused-ring (bicyclic) bond motifs is 1. The Balaban J connectivity index is 1.38. The predicted octanol–water partition coefficient (Wildman–Crippen LogP) is 3.54. The molecule has 0 saturated carbocycles. The van der Waals surface area contributed by atoms with E-state index in [4.69, 9.17) is 14.2 Å². The highest BCUT2D eigenvalue weighted by molar-refractivity contribution is 5.96. The molecule has 2 aromatic rings. The van der Waals surface area contributed by atoms with Crippen molar-refractivity contribution in [1.29, 1.82) is 0 Å². The number of amides is 1. The third-order valence-corrected chi connectivity index (χ3v) is 5.51. The van der Waals surface area contributed by atoms with Crippen LogP contribution in [0.2, 0.25) is 0 Å². The Labute approximate surface area is 190 Å². The molecule has 2 aliphatic rings. The first-order valence-electron chi connectivity index (χ1n) is 10.9. The summed E-state index contributed by atoms with van der Waals surface area (Å²) in [6.45, 7) is 1.83. The Hall–Kier alpha value is -3.82. The zero-order valence-electron chi connectivity index (χ0n) is 18.1. The van der Waals surface area contributed by atoms with Gasteiger partial charge >= 0.3 is 5.97 Å². The average molecular weight is 455 g/mol. The first kappa shape index (κ1) is 22.4. The number of nitro groups is 1. The molecule has 0 aromatic heterocycles. The van der Waals surface area contributed by atoms with Crippen molar-refractivity contribution in [3.8, 4) is 11.5 Å². The van der Waals surface area contributed by atoms with Gasteiger partial charge in [0.15, 0.2) is 18.1 Å². The van der Waals surface area contributed by atoms with Gasteiger partial charge in [-0.1, -0.05) is 12.8 Å². The number of nitrogens with one attached hydrogen (secondary N) is 1. The fourth-order valence-electron chi connectivity index (χ4n) is 3.91. The lowest BCUT2D eigenvalue weighted by atomic mass is 10.1. The van der Waals surface area contributed by atoms with E-state index in [-0.39, 0.29) is 11.3 Å². The number of carbonyl (C=O) groups excluding carboxylic acids is 2. The van der Waals surface area contributed by atoms with Crippen molar-refractivity contribution in [1.82, 2.24) is 0 Å². The highest BCUT2D eigenvalue weighted by Crippen LogP contribution is 2.33. The first-order valence-corrected chi connectivity index (χ1v) is 10.9. The van der Waals surface area contributed by atoms with Crippen LogP contribution in [-0.4, -0.2) is 49.7 Å². The van der Waals surface area contributed by atoms with E-state index in [0.717, 1.165) is 38.8 Å². The monoisotopic (exact) mass is 455 g/mol. The van der Waals surface area contributed by atoms with Gasteiger partial charge in [0.1, 0.15) is 18.9 Å². The number of carbonyl (C=O) groups is 2. The summed E-state index contributed by atoms with van der Waals surface area (Å²) < 4.78 is 16.0. The zero-order chi connectivity index (χ0) is 23.2. The van der Waals surface area contributed by atoms with E-state index >= 15 is 0 Å². The van der Waals surface area contributed by atoms with E-state index in [9.17, 15) is 19.7 Å². The molecule has 1 fully saturated rings. The number of anilines is 2. The molecule has 2 heterocycles. The number of esters is 1. The SMILES string of the molecule is O=C(COC(=O)c1ccc(N2CCCCCC2)c([N+](=O)[O-])c1)Nc1ccc2c(c1)OCCO2. The van der Waals surface area contributed by atoms with Crippen molar-refractivity contribution >= 4 is 28.9 Å². The third-order valence-electron chi connectivity index (χ3n) is 5.51. The van der Waals surface area contributed by atoms with Gasteiger partial charge in [0.05, 0.1) is 10.5 Å². The Morgan fingerprint density at radius 3 is 2.45 bits per heavy atom. The lowest BCUT2D eigenvalue weighted by Gasteiger charge is -2.22. The number of hydrogen-bond donors (Lipinski definition) is 1. The molecule has 4 rings (SSSR count). The maximum absolute atomic E-state index is 12.4. The van der Waals surface area contributed by atoms with Gasteiger partial charge in [-0.15, -0.1) is 0 Å². The topological polar surface area (TPSA) is 120 Å². The van der Waals surface area contributed by atoms with Crippen molar-refractivity contribution in [3.05, 3.63) is 52.1 Å². The van der Waals surface area contributed by atoms with Gasteiger partial charge < -0.3 is 24.4 Å². The summed E-state index contributed by atoms with van der Waals surface area (Å²) >= 11 is 0. The molecule has 2 aromatic carbocycles. The van der Waals surface area contributed by atoms with Crippen LogP contribution in [0.25, 0.3) is 0 Å². The standard InChI is InChI=1S/C23H25N3O7/c27-22(24-17-6-8-20-21(14-17)32-12-11-31-20)15-33-23(28)16-5-7-18(19(13-16)26(29)30)25-9-3-1-2-4-10-25/h5-8,13-14H,1-4,9-12,15H2,(H,24,27). The van der Waals surface area contributed by atoms with Crippen LogP contribution < -0.4 is 19.7 Å². The minimum Gasteiger partial charge on any atom is -0.486 e. The Morgan fingerprint density at radius 1 is 1.00 bits per heavy atom. The van der Waals surface area contributed by atoms with Crippen LogP contribution in [0.3, 0.4) is 0 Å². The van der Waals surface area contributed by atoms with E-state index in [2.05, 4.69) is 5.32 Å². The van der Waals surface area contributed by atoms with Crippen LogP contribution in [0.15, 0.2) is 36.4 Å². The maximum Gasteiger partial charge on any atom is 0.338 e. The zero-order valence-corrected chi connectivity index (χ0v) is 18.1. The average Bonchev–Trinajstić information content (AvgIpc) is 3.11. The van der Waals surface area contributed by atoms with Gasteiger partial charge in [-0.05, 0) is 37.1 Å². The summed E-state index contributed by atoms with van der Waals surface area (Å²) in [4.78, 5) is 37.8. The number of hydrogen-bond acceptors (Lipinski definition) is 8. The van der Waals surface area contributed by atoms with E-state index in [1.165, 1.54) is 12.1 Å². The largest absolute Gasteiger partial charge is 0.486 e. The minimum atomic E-state index is -0.808. The summed E-state index contributed by atoms with van der Waals surface area (Å²) in [5.41, 5.74) is 0.840. The summed E-state index contributed by atoms with van der Waals surface area (Å²) in [6.07, 6.45) is 4.14. The van der Waals surface area contributed by atoms with E-state index in [0.29, 0.717) is 36.1 Å².